The van der Waals surface area contributed by atoms with Crippen molar-refractivity contribution in [2.75, 3.05) is 44.2 Å². The number of para-hydroxylation sites is 2. The molecule has 1 atom stereocenters. The maximum absolute atomic E-state index is 13.0. The van der Waals surface area contributed by atoms with Crippen LogP contribution in [0.5, 0.6) is 0 Å². The topological polar surface area (TPSA) is 53.4 Å². The fraction of sp³-hybridized carbons (Fsp3) is 0.417. The summed E-state index contributed by atoms with van der Waals surface area (Å²) in [6.45, 7) is 5.27. The standard InChI is InChI=1S/C24H29N5O.ClH/c1-27-22-10-3-2-9-21(22)26-23(27)18-6-4-8-20(16-18)29-13-5-7-19(17-29)24(30)28-14-11-25-12-15-28;/h2-4,6,8-10,16,19,25H,5,7,11-15,17H2,1H3;1H/t19-;/m0./s1. The molecule has 0 bridgehead atoms. The number of carbonyl (C=O) groups is 1. The summed E-state index contributed by atoms with van der Waals surface area (Å²) in [5.74, 6) is 1.40. The Labute approximate surface area is 189 Å². The predicted octanol–water partition coefficient (Wildman–Crippen LogP) is 3.31. The number of benzene rings is 2. The van der Waals surface area contributed by atoms with E-state index in [1.165, 1.54) is 5.69 Å². The molecule has 3 aromatic rings. The summed E-state index contributed by atoms with van der Waals surface area (Å²) in [7, 11) is 2.07. The average Bonchev–Trinajstić information content (AvgIpc) is 3.16. The number of aromatic nitrogens is 2. The fourth-order valence-corrected chi connectivity index (χ4v) is 4.80. The lowest BCUT2D eigenvalue weighted by molar-refractivity contribution is -0.136. The lowest BCUT2D eigenvalue weighted by Crippen LogP contribution is -2.51. The van der Waals surface area contributed by atoms with Gasteiger partial charge in [0.25, 0.3) is 0 Å². The molecule has 0 spiro atoms. The van der Waals surface area contributed by atoms with Gasteiger partial charge in [-0.05, 0) is 37.1 Å². The van der Waals surface area contributed by atoms with Crippen molar-refractivity contribution in [3.63, 3.8) is 0 Å². The third-order valence-corrected chi connectivity index (χ3v) is 6.46. The van der Waals surface area contributed by atoms with Gasteiger partial charge in [-0.25, -0.2) is 4.98 Å². The Balaban J connectivity index is 0.00000231. The Kier molecular flexibility index (Phi) is 6.49. The van der Waals surface area contributed by atoms with Crippen molar-refractivity contribution in [2.45, 2.75) is 12.8 Å². The highest BCUT2D eigenvalue weighted by molar-refractivity contribution is 5.85. The molecular formula is C24H30ClN5O. The maximum atomic E-state index is 13.0. The minimum atomic E-state index is 0. The van der Waals surface area contributed by atoms with Crippen LogP contribution in [0.4, 0.5) is 5.69 Å². The summed E-state index contributed by atoms with van der Waals surface area (Å²) in [4.78, 5) is 22.3. The number of nitrogens with one attached hydrogen (secondary N) is 1. The van der Waals surface area contributed by atoms with Gasteiger partial charge in [0, 0.05) is 57.6 Å². The van der Waals surface area contributed by atoms with Crippen molar-refractivity contribution in [3.8, 4) is 11.4 Å². The number of anilines is 1. The molecule has 2 fully saturated rings. The molecule has 1 amide bonds. The van der Waals surface area contributed by atoms with E-state index in [-0.39, 0.29) is 18.3 Å². The highest BCUT2D eigenvalue weighted by atomic mass is 35.5. The molecule has 2 saturated heterocycles. The van der Waals surface area contributed by atoms with Gasteiger partial charge in [-0.1, -0.05) is 24.3 Å². The third kappa shape index (κ3) is 4.27. The van der Waals surface area contributed by atoms with E-state index in [1.807, 2.05) is 17.0 Å². The summed E-state index contributed by atoms with van der Waals surface area (Å²) in [5.41, 5.74) is 4.44. The van der Waals surface area contributed by atoms with E-state index in [2.05, 4.69) is 58.2 Å². The Morgan fingerprint density at radius 3 is 2.68 bits per heavy atom. The second kappa shape index (κ2) is 9.28. The first-order chi connectivity index (χ1) is 14.7. The van der Waals surface area contributed by atoms with Gasteiger partial charge in [0.1, 0.15) is 5.82 Å². The zero-order valence-corrected chi connectivity index (χ0v) is 18.8. The molecule has 164 valence electrons. The number of halogens is 1. The van der Waals surface area contributed by atoms with Gasteiger partial charge in [-0.3, -0.25) is 4.79 Å². The van der Waals surface area contributed by atoms with E-state index < -0.39 is 0 Å². The zero-order valence-electron chi connectivity index (χ0n) is 18.0. The van der Waals surface area contributed by atoms with Crippen molar-refractivity contribution in [3.05, 3.63) is 48.5 Å². The van der Waals surface area contributed by atoms with Gasteiger partial charge in [0.15, 0.2) is 0 Å². The molecule has 0 radical (unpaired) electrons. The number of fused-ring (bicyclic) bond motifs is 1. The van der Waals surface area contributed by atoms with Gasteiger partial charge in [-0.15, -0.1) is 12.4 Å². The Hall–Kier alpha value is -2.57. The predicted molar refractivity (Wildman–Crippen MR) is 128 cm³/mol. The number of piperazine rings is 1. The molecule has 0 saturated carbocycles. The zero-order chi connectivity index (χ0) is 20.5. The molecule has 1 N–H and O–H groups in total. The summed E-state index contributed by atoms with van der Waals surface area (Å²) in [5, 5.41) is 3.33. The quantitative estimate of drug-likeness (QED) is 0.680. The van der Waals surface area contributed by atoms with Crippen LogP contribution in [0.1, 0.15) is 12.8 Å². The van der Waals surface area contributed by atoms with E-state index in [0.29, 0.717) is 5.91 Å². The van der Waals surface area contributed by atoms with Crippen molar-refractivity contribution < 1.29 is 4.79 Å². The Bertz CT molecular complexity index is 1060. The van der Waals surface area contributed by atoms with Gasteiger partial charge < -0.3 is 19.7 Å². The normalized spacial score (nSPS) is 19.3. The van der Waals surface area contributed by atoms with Gasteiger partial charge in [-0.2, -0.15) is 0 Å². The number of hydrogen-bond donors (Lipinski definition) is 1. The van der Waals surface area contributed by atoms with Crippen LogP contribution in [0.15, 0.2) is 48.5 Å². The van der Waals surface area contributed by atoms with E-state index in [0.717, 1.165) is 74.5 Å². The van der Waals surface area contributed by atoms with E-state index >= 15 is 0 Å². The van der Waals surface area contributed by atoms with Crippen LogP contribution in [-0.2, 0) is 11.8 Å². The van der Waals surface area contributed by atoms with E-state index in [9.17, 15) is 4.79 Å². The minimum Gasteiger partial charge on any atom is -0.371 e. The summed E-state index contributed by atoms with van der Waals surface area (Å²) in [6.07, 6.45) is 2.04. The van der Waals surface area contributed by atoms with Crippen molar-refractivity contribution >= 4 is 35.0 Å². The van der Waals surface area contributed by atoms with Crippen LogP contribution < -0.4 is 10.2 Å². The second-order valence-corrected chi connectivity index (χ2v) is 8.39. The molecule has 5 rings (SSSR count). The largest absolute Gasteiger partial charge is 0.371 e. The Morgan fingerprint density at radius 1 is 1.06 bits per heavy atom. The first-order valence-corrected chi connectivity index (χ1v) is 11.0. The monoisotopic (exact) mass is 439 g/mol. The second-order valence-electron chi connectivity index (χ2n) is 8.39. The molecule has 6 nitrogen and oxygen atoms in total. The molecule has 2 aliphatic rings. The lowest BCUT2D eigenvalue weighted by Gasteiger charge is -2.37. The smallest absolute Gasteiger partial charge is 0.227 e. The summed E-state index contributed by atoms with van der Waals surface area (Å²) >= 11 is 0. The van der Waals surface area contributed by atoms with E-state index in [4.69, 9.17) is 4.98 Å². The number of imidazole rings is 1. The van der Waals surface area contributed by atoms with Gasteiger partial charge in [0.2, 0.25) is 5.91 Å². The van der Waals surface area contributed by atoms with Gasteiger partial charge in [0.05, 0.1) is 17.0 Å². The number of nitrogens with zero attached hydrogens (tertiary/aromatic N) is 4. The molecule has 31 heavy (non-hydrogen) atoms. The molecule has 0 unspecified atom stereocenters. The lowest BCUT2D eigenvalue weighted by atomic mass is 9.95. The van der Waals surface area contributed by atoms with Crippen LogP contribution in [-0.4, -0.2) is 59.6 Å². The van der Waals surface area contributed by atoms with Crippen molar-refractivity contribution in [2.24, 2.45) is 13.0 Å². The maximum Gasteiger partial charge on any atom is 0.227 e. The first kappa shape index (κ1) is 21.7. The summed E-state index contributed by atoms with van der Waals surface area (Å²) < 4.78 is 2.15. The molecule has 2 aromatic carbocycles. The minimum absolute atomic E-state index is 0. The van der Waals surface area contributed by atoms with Crippen LogP contribution in [0, 0.1) is 5.92 Å². The van der Waals surface area contributed by atoms with E-state index in [1.54, 1.807) is 0 Å². The molecule has 3 heterocycles. The van der Waals surface area contributed by atoms with Crippen LogP contribution in [0.3, 0.4) is 0 Å². The first-order valence-electron chi connectivity index (χ1n) is 11.0. The van der Waals surface area contributed by atoms with Crippen LogP contribution >= 0.6 is 12.4 Å². The molecular weight excluding hydrogens is 410 g/mol. The Morgan fingerprint density at radius 2 is 1.87 bits per heavy atom. The molecule has 2 aliphatic heterocycles. The highest BCUT2D eigenvalue weighted by Gasteiger charge is 2.30. The fourth-order valence-electron chi connectivity index (χ4n) is 4.80. The number of rotatable bonds is 3. The molecule has 7 heteroatoms. The summed E-state index contributed by atoms with van der Waals surface area (Å²) in [6, 6.07) is 16.8. The van der Waals surface area contributed by atoms with Crippen molar-refractivity contribution in [1.82, 2.24) is 19.8 Å². The number of aryl methyl sites for hydroxylation is 1. The molecule has 0 aliphatic carbocycles. The average molecular weight is 440 g/mol. The van der Waals surface area contributed by atoms with Crippen LogP contribution in [0.25, 0.3) is 22.4 Å². The van der Waals surface area contributed by atoms with Crippen LogP contribution in [0.2, 0.25) is 0 Å². The van der Waals surface area contributed by atoms with Crippen molar-refractivity contribution in [1.29, 1.82) is 0 Å². The third-order valence-electron chi connectivity index (χ3n) is 6.46. The number of hydrogen-bond acceptors (Lipinski definition) is 4. The van der Waals surface area contributed by atoms with Gasteiger partial charge >= 0.3 is 0 Å². The number of carbonyl (C=O) groups excluding carboxylic acids is 1. The number of amides is 1. The SMILES string of the molecule is Cl.Cn1c(-c2cccc(N3CCC[C@H](C(=O)N4CCNCC4)C3)c2)nc2ccccc21. The highest BCUT2D eigenvalue weighted by Crippen LogP contribution is 2.30. The number of piperidine rings is 1. The molecule has 1 aromatic heterocycles.